The van der Waals surface area contributed by atoms with E-state index in [0.29, 0.717) is 12.1 Å². The van der Waals surface area contributed by atoms with Gasteiger partial charge >= 0.3 is 0 Å². The van der Waals surface area contributed by atoms with Crippen molar-refractivity contribution in [3.8, 4) is 0 Å². The van der Waals surface area contributed by atoms with Crippen molar-refractivity contribution in [3.05, 3.63) is 0 Å². The lowest BCUT2D eigenvalue weighted by atomic mass is 9.83. The van der Waals surface area contributed by atoms with Crippen LogP contribution in [-0.4, -0.2) is 61.8 Å². The molecule has 1 aliphatic carbocycles. The molecule has 0 aromatic heterocycles. The molecule has 0 radical (unpaired) electrons. The molecule has 1 aliphatic heterocycles. The second-order valence-electron chi connectivity index (χ2n) is 7.99. The highest BCUT2D eigenvalue weighted by molar-refractivity contribution is 4.77. The van der Waals surface area contributed by atoms with Crippen molar-refractivity contribution in [2.45, 2.75) is 71.4 Å². The summed E-state index contributed by atoms with van der Waals surface area (Å²) in [4.78, 5) is 5.29. The maximum Gasteiger partial charge on any atom is 0.0571 e. The van der Waals surface area contributed by atoms with Crippen LogP contribution >= 0.6 is 0 Å². The zero-order chi connectivity index (χ0) is 15.9. The van der Waals surface area contributed by atoms with Crippen LogP contribution in [0.5, 0.6) is 0 Å². The minimum absolute atomic E-state index is 0.547. The summed E-state index contributed by atoms with van der Waals surface area (Å²) in [6.07, 6.45) is 8.73. The highest BCUT2D eigenvalue weighted by Gasteiger charge is 2.23. The van der Waals surface area contributed by atoms with E-state index in [1.54, 1.807) is 0 Å². The molecule has 22 heavy (non-hydrogen) atoms. The molecule has 0 N–H and O–H groups in total. The van der Waals surface area contributed by atoms with E-state index in [4.69, 9.17) is 4.74 Å². The molecule has 0 aromatic rings. The molecule has 2 rings (SSSR count). The van der Waals surface area contributed by atoms with E-state index in [2.05, 4.69) is 30.6 Å². The van der Waals surface area contributed by atoms with Gasteiger partial charge in [-0.1, -0.05) is 13.3 Å². The van der Waals surface area contributed by atoms with E-state index in [-0.39, 0.29) is 0 Å². The van der Waals surface area contributed by atoms with Gasteiger partial charge in [0.05, 0.1) is 6.10 Å². The fourth-order valence-electron chi connectivity index (χ4n) is 4.17. The zero-order valence-electron chi connectivity index (χ0n) is 15.4. The standard InChI is InChI=1S/C19H38N2O/c1-16(2)21-13-11-20(12-14-21)15-17(3)5-6-18-7-9-19(22-4)10-8-18/h16-19H,5-15H2,1-4H3/t17-,18?,19?/m1/s1. The van der Waals surface area contributed by atoms with Crippen molar-refractivity contribution in [2.24, 2.45) is 11.8 Å². The van der Waals surface area contributed by atoms with Gasteiger partial charge in [0.25, 0.3) is 0 Å². The predicted molar refractivity (Wildman–Crippen MR) is 94.3 cm³/mol. The van der Waals surface area contributed by atoms with Crippen molar-refractivity contribution >= 4 is 0 Å². The minimum Gasteiger partial charge on any atom is -0.381 e. The van der Waals surface area contributed by atoms with E-state index in [1.165, 1.54) is 71.2 Å². The van der Waals surface area contributed by atoms with Crippen LogP contribution in [0.1, 0.15) is 59.3 Å². The van der Waals surface area contributed by atoms with Gasteiger partial charge in [-0.05, 0) is 57.8 Å². The van der Waals surface area contributed by atoms with Crippen LogP contribution in [0.3, 0.4) is 0 Å². The number of nitrogens with zero attached hydrogens (tertiary/aromatic N) is 2. The second kappa shape index (κ2) is 9.24. The summed E-state index contributed by atoms with van der Waals surface area (Å²) >= 11 is 0. The van der Waals surface area contributed by atoms with Crippen LogP contribution in [-0.2, 0) is 4.74 Å². The Morgan fingerprint density at radius 3 is 2.14 bits per heavy atom. The van der Waals surface area contributed by atoms with Gasteiger partial charge in [0.1, 0.15) is 0 Å². The fourth-order valence-corrected chi connectivity index (χ4v) is 4.17. The molecule has 0 aromatic carbocycles. The van der Waals surface area contributed by atoms with Gasteiger partial charge < -0.3 is 9.64 Å². The van der Waals surface area contributed by atoms with E-state index >= 15 is 0 Å². The highest BCUT2D eigenvalue weighted by atomic mass is 16.5. The number of hydrogen-bond donors (Lipinski definition) is 0. The van der Waals surface area contributed by atoms with Gasteiger partial charge in [0.2, 0.25) is 0 Å². The molecule has 1 atom stereocenters. The molecular formula is C19H38N2O. The summed E-state index contributed by atoms with van der Waals surface area (Å²) in [5.41, 5.74) is 0. The summed E-state index contributed by atoms with van der Waals surface area (Å²) in [6, 6.07) is 0.710. The van der Waals surface area contributed by atoms with Crippen molar-refractivity contribution in [2.75, 3.05) is 39.8 Å². The van der Waals surface area contributed by atoms with Gasteiger partial charge in [-0.3, -0.25) is 4.90 Å². The van der Waals surface area contributed by atoms with Gasteiger partial charge in [0, 0.05) is 45.9 Å². The number of hydrogen-bond acceptors (Lipinski definition) is 3. The first-order valence-corrected chi connectivity index (χ1v) is 9.57. The highest BCUT2D eigenvalue weighted by Crippen LogP contribution is 2.30. The molecule has 2 fully saturated rings. The molecule has 0 spiro atoms. The molecule has 3 heteroatoms. The molecule has 0 amide bonds. The van der Waals surface area contributed by atoms with Crippen LogP contribution in [0.15, 0.2) is 0 Å². The molecule has 2 aliphatic rings. The Labute approximate surface area is 138 Å². The van der Waals surface area contributed by atoms with Crippen molar-refractivity contribution in [1.82, 2.24) is 9.80 Å². The van der Waals surface area contributed by atoms with Crippen LogP contribution in [0, 0.1) is 11.8 Å². The van der Waals surface area contributed by atoms with Crippen LogP contribution < -0.4 is 0 Å². The SMILES string of the molecule is COC1CCC(CC[C@@H](C)CN2CCN(C(C)C)CC2)CC1. The lowest BCUT2D eigenvalue weighted by Gasteiger charge is -2.38. The average molecular weight is 311 g/mol. The Balaban J connectivity index is 1.58. The molecule has 3 nitrogen and oxygen atoms in total. The van der Waals surface area contributed by atoms with Crippen LogP contribution in [0.2, 0.25) is 0 Å². The molecule has 1 saturated carbocycles. The normalized spacial score (nSPS) is 29.9. The Morgan fingerprint density at radius 1 is 0.955 bits per heavy atom. The van der Waals surface area contributed by atoms with Crippen molar-refractivity contribution in [1.29, 1.82) is 0 Å². The topological polar surface area (TPSA) is 15.7 Å². The largest absolute Gasteiger partial charge is 0.381 e. The summed E-state index contributed by atoms with van der Waals surface area (Å²) < 4.78 is 5.48. The van der Waals surface area contributed by atoms with Gasteiger partial charge in [0.15, 0.2) is 0 Å². The predicted octanol–water partition coefficient (Wildman–Crippen LogP) is 3.63. The first kappa shape index (κ1) is 18.2. The Bertz CT molecular complexity index is 292. The number of rotatable bonds is 7. The third kappa shape index (κ3) is 5.82. The summed E-state index contributed by atoms with van der Waals surface area (Å²) in [5, 5.41) is 0. The van der Waals surface area contributed by atoms with Crippen LogP contribution in [0.4, 0.5) is 0 Å². The number of methoxy groups -OCH3 is 1. The number of ether oxygens (including phenoxy) is 1. The first-order valence-electron chi connectivity index (χ1n) is 9.57. The smallest absolute Gasteiger partial charge is 0.0571 e. The quantitative estimate of drug-likeness (QED) is 0.714. The average Bonchev–Trinajstić information content (AvgIpc) is 2.54. The Morgan fingerprint density at radius 2 is 1.59 bits per heavy atom. The van der Waals surface area contributed by atoms with Gasteiger partial charge in [-0.2, -0.15) is 0 Å². The molecule has 1 saturated heterocycles. The molecule has 130 valence electrons. The monoisotopic (exact) mass is 310 g/mol. The zero-order valence-corrected chi connectivity index (χ0v) is 15.4. The fraction of sp³-hybridized carbons (Fsp3) is 1.00. The summed E-state index contributed by atoms with van der Waals surface area (Å²) in [6.45, 7) is 13.4. The van der Waals surface area contributed by atoms with E-state index < -0.39 is 0 Å². The molecule has 1 heterocycles. The molecule has 0 unspecified atom stereocenters. The van der Waals surface area contributed by atoms with Gasteiger partial charge in [-0.25, -0.2) is 0 Å². The number of piperazine rings is 1. The maximum atomic E-state index is 5.48. The third-order valence-corrected chi connectivity index (χ3v) is 5.90. The van der Waals surface area contributed by atoms with E-state index in [0.717, 1.165) is 11.8 Å². The molecule has 0 bridgehead atoms. The minimum atomic E-state index is 0.547. The lowest BCUT2D eigenvalue weighted by molar-refractivity contribution is 0.0537. The van der Waals surface area contributed by atoms with Crippen molar-refractivity contribution in [3.63, 3.8) is 0 Å². The second-order valence-corrected chi connectivity index (χ2v) is 7.99. The van der Waals surface area contributed by atoms with Gasteiger partial charge in [-0.15, -0.1) is 0 Å². The summed E-state index contributed by atoms with van der Waals surface area (Å²) in [5.74, 6) is 1.82. The van der Waals surface area contributed by atoms with E-state index in [1.807, 2.05) is 7.11 Å². The van der Waals surface area contributed by atoms with Crippen molar-refractivity contribution < 1.29 is 4.74 Å². The van der Waals surface area contributed by atoms with E-state index in [9.17, 15) is 0 Å². The first-order chi connectivity index (χ1) is 10.6. The Hall–Kier alpha value is -0.120. The maximum absolute atomic E-state index is 5.48. The van der Waals surface area contributed by atoms with Crippen LogP contribution in [0.25, 0.3) is 0 Å². The summed E-state index contributed by atoms with van der Waals surface area (Å²) in [7, 11) is 1.87. The third-order valence-electron chi connectivity index (χ3n) is 5.90. The molecular weight excluding hydrogens is 272 g/mol. The lowest BCUT2D eigenvalue weighted by Crippen LogP contribution is -2.49. The Kier molecular flexibility index (Phi) is 7.66.